The Morgan fingerprint density at radius 1 is 0.814 bits per heavy atom. The molecule has 4 rings (SSSR count). The summed E-state index contributed by atoms with van der Waals surface area (Å²) in [6.07, 6.45) is 5.26. The zero-order chi connectivity index (χ0) is 30.2. The summed E-state index contributed by atoms with van der Waals surface area (Å²) in [7, 11) is 0.106. The van der Waals surface area contributed by atoms with Crippen molar-refractivity contribution in [2.24, 2.45) is 5.73 Å². The van der Waals surface area contributed by atoms with Gasteiger partial charge in [-0.15, -0.1) is 0 Å². The van der Waals surface area contributed by atoms with Crippen LogP contribution in [0.5, 0.6) is 5.75 Å². The van der Waals surface area contributed by atoms with Gasteiger partial charge in [-0.3, -0.25) is 14.4 Å². The molecule has 0 unspecified atom stereocenters. The summed E-state index contributed by atoms with van der Waals surface area (Å²) < 4.78 is 18.2. The Bertz CT molecular complexity index is 1080. The Balaban J connectivity index is -0.000000247. The number of ether oxygens (including phenoxy) is 1. The van der Waals surface area contributed by atoms with E-state index in [2.05, 4.69) is 71.2 Å². The van der Waals surface area contributed by atoms with E-state index in [1.165, 1.54) is 53.5 Å². The number of benzene rings is 2. The van der Waals surface area contributed by atoms with Crippen LogP contribution in [-0.2, 0) is 34.9 Å². The van der Waals surface area contributed by atoms with Gasteiger partial charge in [0.15, 0.2) is 0 Å². The Kier molecular flexibility index (Phi) is 26.6. The molecule has 2 aliphatic carbocycles. The van der Waals surface area contributed by atoms with E-state index in [0.29, 0.717) is 6.04 Å². The van der Waals surface area contributed by atoms with Crippen LogP contribution in [0.15, 0.2) is 36.4 Å². The first-order chi connectivity index (χ1) is 18.8. The van der Waals surface area contributed by atoms with Crippen LogP contribution in [0.1, 0.15) is 75.7 Å². The van der Waals surface area contributed by atoms with Crippen molar-refractivity contribution in [1.82, 2.24) is 5.32 Å². The van der Waals surface area contributed by atoms with Gasteiger partial charge >= 0.3 is 66.4 Å². The van der Waals surface area contributed by atoms with Crippen LogP contribution < -0.4 is 74.9 Å². The predicted molar refractivity (Wildman–Crippen MR) is 160 cm³/mol. The van der Waals surface area contributed by atoms with Crippen molar-refractivity contribution < 1.29 is 99.1 Å². The number of hydrogen-bond donors (Lipinski definition) is 2. The number of carbonyl (C=O) groups is 3. The van der Waals surface area contributed by atoms with Gasteiger partial charge in [0.2, 0.25) is 0 Å². The van der Waals surface area contributed by atoms with E-state index < -0.39 is 25.2 Å². The van der Waals surface area contributed by atoms with Crippen molar-refractivity contribution >= 4 is 25.2 Å². The van der Waals surface area contributed by atoms with Crippen LogP contribution >= 0.6 is 0 Å². The van der Waals surface area contributed by atoms with Crippen LogP contribution in [0.4, 0.5) is 0 Å². The fourth-order valence-corrected chi connectivity index (χ4v) is 3.07. The van der Waals surface area contributed by atoms with Gasteiger partial charge < -0.3 is 36.7 Å². The molecule has 0 amide bonds. The maximum absolute atomic E-state index is 10.4. The maximum atomic E-state index is 10.4. The fourth-order valence-electron chi connectivity index (χ4n) is 3.07. The molecule has 10 nitrogen and oxygen atoms in total. The minimum Gasteiger partial charge on any atom is -1.00 e. The normalized spacial score (nSPS) is 12.1. The van der Waals surface area contributed by atoms with E-state index >= 15 is 0 Å². The molecule has 0 bridgehead atoms. The third-order valence-electron chi connectivity index (χ3n) is 6.06. The number of carbonyl (C=O) groups excluding carboxylic acids is 3. The first-order valence-corrected chi connectivity index (χ1v) is 13.5. The molecule has 0 spiro atoms. The summed E-state index contributed by atoms with van der Waals surface area (Å²) in [5.74, 6) is -1.17. The number of nitrogens with two attached hydrogens (primary N) is 1. The minimum absolute atomic E-state index is 0. The van der Waals surface area contributed by atoms with Crippen molar-refractivity contribution in [3.8, 4) is 5.75 Å². The Hall–Kier alpha value is -1.41. The molecule has 13 heteroatoms. The fraction of sp³-hybridized carbons (Fsp3) is 0.500. The van der Waals surface area contributed by atoms with Crippen molar-refractivity contribution in [3.05, 3.63) is 64.2 Å². The molecule has 230 valence electrons. The standard InChI is InChI=1S/C12H17N.C9H12O.C6H9BO6.C3H7N.2Na.H2O.H/c1-9-4-3-5-11(10(9)2)8-13-12-6-7-12;1-7-5-4-6-9(10-3)8(7)2;1-4(8)11-7(12-5(2)9)13-6(3)10;4-3-1-2-3;;;;/h3-5,12-13H,6-8H2,1-2H3;4-6H,1-3H3;1-3H3;3H,1-2,4H2;;;1H2;/q;;;;2*+1;;-1/p-1. The maximum Gasteiger partial charge on any atom is 1.00 e. The second-order valence-corrected chi connectivity index (χ2v) is 9.87. The number of methoxy groups -OCH3 is 1. The third-order valence-corrected chi connectivity index (χ3v) is 6.06. The van der Waals surface area contributed by atoms with Gasteiger partial charge in [0.25, 0.3) is 17.9 Å². The Morgan fingerprint density at radius 3 is 1.58 bits per heavy atom. The van der Waals surface area contributed by atoms with Gasteiger partial charge in [0, 0.05) is 39.4 Å². The average molecular weight is 621 g/mol. The second-order valence-electron chi connectivity index (χ2n) is 9.87. The molecule has 2 fully saturated rings. The molecular weight excluding hydrogens is 573 g/mol. The van der Waals surface area contributed by atoms with Crippen LogP contribution in [-0.4, -0.2) is 49.9 Å². The van der Waals surface area contributed by atoms with E-state index in [9.17, 15) is 14.4 Å². The quantitative estimate of drug-likeness (QED) is 0.353. The molecule has 0 saturated heterocycles. The SMILES string of the molecule is CC(=O)OB(OC(C)=O)OC(C)=O.COc1cccc(C)c1C.Cc1cccc(CNC2CC2)c1C.NC1CC1.[H-].[Na+].[Na+].[OH-]. The summed E-state index contributed by atoms with van der Waals surface area (Å²) in [4.78, 5) is 31.2. The predicted octanol–water partition coefficient (Wildman–Crippen LogP) is -1.42. The van der Waals surface area contributed by atoms with Gasteiger partial charge in [-0.25, -0.2) is 0 Å². The van der Waals surface area contributed by atoms with E-state index in [1.54, 1.807) is 7.11 Å². The number of nitrogens with one attached hydrogen (secondary N) is 1. The van der Waals surface area contributed by atoms with E-state index in [1.807, 2.05) is 12.1 Å². The molecule has 4 N–H and O–H groups in total. The molecule has 2 aliphatic rings. The van der Waals surface area contributed by atoms with Gasteiger partial charge in [-0.2, -0.15) is 0 Å². The average Bonchev–Trinajstić information content (AvgIpc) is 3.80. The Morgan fingerprint density at radius 2 is 1.23 bits per heavy atom. The summed E-state index contributed by atoms with van der Waals surface area (Å²) in [6.45, 7) is 12.9. The summed E-state index contributed by atoms with van der Waals surface area (Å²) >= 11 is 0. The van der Waals surface area contributed by atoms with Crippen LogP contribution in [0, 0.1) is 27.7 Å². The van der Waals surface area contributed by atoms with E-state index in [-0.39, 0.29) is 66.0 Å². The molecule has 0 radical (unpaired) electrons. The monoisotopic (exact) mass is 620 g/mol. The number of rotatable bonds is 7. The van der Waals surface area contributed by atoms with Gasteiger partial charge in [0.05, 0.1) is 7.11 Å². The molecule has 2 aromatic carbocycles. The zero-order valence-corrected chi connectivity index (χ0v) is 31.6. The topological polar surface area (TPSA) is 156 Å². The second kappa shape index (κ2) is 24.9. The van der Waals surface area contributed by atoms with Crippen LogP contribution in [0.2, 0.25) is 0 Å². The third kappa shape index (κ3) is 22.7. The summed E-state index contributed by atoms with van der Waals surface area (Å²) in [6, 6.07) is 14.0. The zero-order valence-electron chi connectivity index (χ0n) is 28.6. The van der Waals surface area contributed by atoms with Crippen LogP contribution in [0.3, 0.4) is 0 Å². The molecule has 2 aromatic rings. The van der Waals surface area contributed by atoms with Gasteiger partial charge in [-0.1, -0.05) is 30.3 Å². The molecule has 0 aliphatic heterocycles. The van der Waals surface area contributed by atoms with Crippen molar-refractivity contribution in [1.29, 1.82) is 0 Å². The summed E-state index contributed by atoms with van der Waals surface area (Å²) in [5, 5.41) is 3.54. The molecule has 0 heterocycles. The van der Waals surface area contributed by atoms with E-state index in [0.717, 1.165) is 39.1 Å². The van der Waals surface area contributed by atoms with Crippen molar-refractivity contribution in [3.63, 3.8) is 0 Å². The Labute approximate surface area is 303 Å². The van der Waals surface area contributed by atoms with Gasteiger partial charge in [0.1, 0.15) is 5.75 Å². The largest absolute Gasteiger partial charge is 1.00 e. The number of hydrogen-bond acceptors (Lipinski definition) is 10. The first-order valence-electron chi connectivity index (χ1n) is 13.5. The van der Waals surface area contributed by atoms with Gasteiger partial charge in [-0.05, 0) is 87.3 Å². The molecular formula is C30H47BN2Na2O8. The van der Waals surface area contributed by atoms with Crippen molar-refractivity contribution in [2.75, 3.05) is 7.11 Å². The van der Waals surface area contributed by atoms with E-state index in [4.69, 9.17) is 10.5 Å². The number of aryl methyl sites for hydroxylation is 2. The smallest absolute Gasteiger partial charge is 1.00 e. The molecule has 2 saturated carbocycles. The van der Waals surface area contributed by atoms with Crippen molar-refractivity contribution in [2.45, 2.75) is 92.8 Å². The molecule has 0 aromatic heterocycles. The minimum atomic E-state index is -1.59. The summed E-state index contributed by atoms with van der Waals surface area (Å²) in [5.41, 5.74) is 12.0. The first kappa shape index (κ1) is 46.0. The molecule has 43 heavy (non-hydrogen) atoms. The molecule has 0 atom stereocenters. The van der Waals surface area contributed by atoms with Crippen LogP contribution in [0.25, 0.3) is 0 Å².